The van der Waals surface area contributed by atoms with Crippen LogP contribution in [0.2, 0.25) is 0 Å². The van der Waals surface area contributed by atoms with Crippen molar-refractivity contribution in [1.82, 2.24) is 5.32 Å². The molecule has 0 aliphatic carbocycles. The first-order chi connectivity index (χ1) is 7.69. The van der Waals surface area contributed by atoms with Crippen LogP contribution in [-0.4, -0.2) is 52.2 Å². The van der Waals surface area contributed by atoms with Gasteiger partial charge in [-0.25, -0.2) is 0 Å². The van der Waals surface area contributed by atoms with Gasteiger partial charge in [0, 0.05) is 35.8 Å². The fourth-order valence-corrected chi connectivity index (χ4v) is 3.86. The van der Waals surface area contributed by atoms with Crippen molar-refractivity contribution in [2.24, 2.45) is 0 Å². The lowest BCUT2D eigenvalue weighted by Crippen LogP contribution is -2.38. The molecule has 4 nitrogen and oxygen atoms in total. The van der Waals surface area contributed by atoms with E-state index in [2.05, 4.69) is 5.32 Å². The molecular weight excluding hydrogens is 226 g/mol. The molecule has 0 bridgehead atoms. The molecule has 5 heteroatoms. The second-order valence-corrected chi connectivity index (χ2v) is 5.92. The monoisotopic (exact) mass is 249 g/mol. The van der Waals surface area contributed by atoms with E-state index in [9.17, 15) is 4.21 Å². The molecule has 1 rings (SSSR count). The maximum atomic E-state index is 12.1. The van der Waals surface area contributed by atoms with Gasteiger partial charge in [-0.15, -0.1) is 0 Å². The molecule has 1 saturated heterocycles. The quantitative estimate of drug-likeness (QED) is 0.680. The third-order valence-corrected chi connectivity index (χ3v) is 5.01. The molecule has 2 N–H and O–H groups in total. The number of hydrogen-bond acceptors (Lipinski definition) is 4. The highest BCUT2D eigenvalue weighted by Crippen LogP contribution is 2.19. The van der Waals surface area contributed by atoms with Gasteiger partial charge in [0.15, 0.2) is 0 Å². The van der Waals surface area contributed by atoms with Crippen LogP contribution in [0.1, 0.15) is 26.7 Å². The van der Waals surface area contributed by atoms with Gasteiger partial charge in [0.25, 0.3) is 0 Å². The average molecular weight is 249 g/mol. The molecular formula is C11H23NO3S. The minimum atomic E-state index is -0.857. The molecule has 4 unspecified atom stereocenters. The Kier molecular flexibility index (Phi) is 6.49. The van der Waals surface area contributed by atoms with Gasteiger partial charge in [-0.05, 0) is 26.3 Å². The molecule has 0 amide bonds. The van der Waals surface area contributed by atoms with Crippen LogP contribution in [0.25, 0.3) is 0 Å². The molecule has 0 radical (unpaired) electrons. The summed E-state index contributed by atoms with van der Waals surface area (Å²) in [5, 5.41) is 12.4. The molecule has 96 valence electrons. The summed E-state index contributed by atoms with van der Waals surface area (Å²) in [7, 11) is -0.857. The molecule has 0 spiro atoms. The summed E-state index contributed by atoms with van der Waals surface area (Å²) in [6.07, 6.45) is 1.67. The highest BCUT2D eigenvalue weighted by molar-refractivity contribution is 7.85. The summed E-state index contributed by atoms with van der Waals surface area (Å²) < 4.78 is 17.6. The largest absolute Gasteiger partial charge is 0.396 e. The maximum Gasteiger partial charge on any atom is 0.0691 e. The predicted molar refractivity (Wildman–Crippen MR) is 66.0 cm³/mol. The zero-order chi connectivity index (χ0) is 12.0. The number of hydrogen-bond donors (Lipinski definition) is 2. The molecule has 1 aliphatic rings. The van der Waals surface area contributed by atoms with E-state index in [1.807, 2.05) is 13.8 Å². The number of aliphatic hydroxyl groups is 1. The van der Waals surface area contributed by atoms with Gasteiger partial charge >= 0.3 is 0 Å². The van der Waals surface area contributed by atoms with Crippen molar-refractivity contribution >= 4 is 10.8 Å². The Morgan fingerprint density at radius 1 is 1.62 bits per heavy atom. The second-order valence-electron chi connectivity index (χ2n) is 4.22. The molecule has 16 heavy (non-hydrogen) atoms. The summed E-state index contributed by atoms with van der Waals surface area (Å²) >= 11 is 0. The summed E-state index contributed by atoms with van der Waals surface area (Å²) in [5.41, 5.74) is 0. The van der Waals surface area contributed by atoms with Crippen molar-refractivity contribution in [3.05, 3.63) is 0 Å². The minimum absolute atomic E-state index is 0.109. The van der Waals surface area contributed by atoms with E-state index in [0.29, 0.717) is 12.2 Å². The molecule has 1 heterocycles. The number of aliphatic hydroxyl groups excluding tert-OH is 1. The van der Waals surface area contributed by atoms with Gasteiger partial charge in [-0.3, -0.25) is 4.21 Å². The Labute approximate surface area is 100 Å². The minimum Gasteiger partial charge on any atom is -0.396 e. The Balaban J connectivity index is 2.40. The van der Waals surface area contributed by atoms with Crippen molar-refractivity contribution in [1.29, 1.82) is 0 Å². The van der Waals surface area contributed by atoms with Gasteiger partial charge < -0.3 is 15.2 Å². The van der Waals surface area contributed by atoms with Crippen LogP contribution in [0.3, 0.4) is 0 Å². The third kappa shape index (κ3) is 4.13. The van der Waals surface area contributed by atoms with Crippen molar-refractivity contribution in [3.8, 4) is 0 Å². The van der Waals surface area contributed by atoms with Gasteiger partial charge in [-0.2, -0.15) is 0 Å². The van der Waals surface area contributed by atoms with E-state index in [4.69, 9.17) is 9.84 Å². The maximum absolute atomic E-state index is 12.1. The van der Waals surface area contributed by atoms with E-state index in [-0.39, 0.29) is 24.0 Å². The van der Waals surface area contributed by atoms with Crippen molar-refractivity contribution < 1.29 is 14.1 Å². The Hall–Kier alpha value is 0.0300. The number of ether oxygens (including phenoxy) is 1. The van der Waals surface area contributed by atoms with Crippen molar-refractivity contribution in [2.45, 2.75) is 44.1 Å². The zero-order valence-electron chi connectivity index (χ0n) is 10.1. The van der Waals surface area contributed by atoms with Gasteiger partial charge in [0.1, 0.15) is 0 Å². The molecule has 1 aliphatic heterocycles. The highest BCUT2D eigenvalue weighted by Gasteiger charge is 2.30. The van der Waals surface area contributed by atoms with Crippen molar-refractivity contribution in [3.63, 3.8) is 0 Å². The lowest BCUT2D eigenvalue weighted by molar-refractivity contribution is 0.127. The van der Waals surface area contributed by atoms with Gasteiger partial charge in [0.2, 0.25) is 0 Å². The summed E-state index contributed by atoms with van der Waals surface area (Å²) in [4.78, 5) is 0. The number of rotatable bonds is 7. The molecule has 0 aromatic carbocycles. The Morgan fingerprint density at radius 3 is 2.88 bits per heavy atom. The van der Waals surface area contributed by atoms with E-state index in [0.717, 1.165) is 19.6 Å². The van der Waals surface area contributed by atoms with Crippen LogP contribution in [-0.2, 0) is 15.5 Å². The van der Waals surface area contributed by atoms with Gasteiger partial charge in [0.05, 0.1) is 11.4 Å². The van der Waals surface area contributed by atoms with E-state index in [1.165, 1.54) is 0 Å². The fourth-order valence-electron chi connectivity index (χ4n) is 2.07. The average Bonchev–Trinajstić information content (AvgIpc) is 2.65. The first-order valence-corrected chi connectivity index (χ1v) is 7.40. The first kappa shape index (κ1) is 14.1. The van der Waals surface area contributed by atoms with Crippen LogP contribution >= 0.6 is 0 Å². The predicted octanol–water partition coefficient (Wildman–Crippen LogP) is 0.273. The Bertz CT molecular complexity index is 219. The zero-order valence-corrected chi connectivity index (χ0v) is 11.0. The Morgan fingerprint density at radius 2 is 2.38 bits per heavy atom. The summed E-state index contributed by atoms with van der Waals surface area (Å²) in [6.45, 7) is 5.73. The van der Waals surface area contributed by atoms with Crippen LogP contribution in [0.5, 0.6) is 0 Å². The normalized spacial score (nSPS) is 29.2. The molecule has 0 aromatic rings. The SMILES string of the molecule is CCNC(CCO)CS(=O)C1CCOC1C. The van der Waals surface area contributed by atoms with Crippen LogP contribution in [0.4, 0.5) is 0 Å². The standard InChI is InChI=1S/C11H23NO3S/c1-3-12-10(4-6-13)8-16(14)11-5-7-15-9(11)2/h9-13H,3-8H2,1-2H3. The molecule has 1 fully saturated rings. The lowest BCUT2D eigenvalue weighted by Gasteiger charge is -2.20. The van der Waals surface area contributed by atoms with E-state index >= 15 is 0 Å². The molecule has 0 aromatic heterocycles. The van der Waals surface area contributed by atoms with Gasteiger partial charge in [-0.1, -0.05) is 6.92 Å². The topological polar surface area (TPSA) is 58.6 Å². The summed E-state index contributed by atoms with van der Waals surface area (Å²) in [5.74, 6) is 0.618. The van der Waals surface area contributed by atoms with E-state index < -0.39 is 10.8 Å². The number of nitrogens with one attached hydrogen (secondary N) is 1. The van der Waals surface area contributed by atoms with Crippen LogP contribution < -0.4 is 5.32 Å². The second kappa shape index (κ2) is 7.37. The van der Waals surface area contributed by atoms with Crippen LogP contribution in [0.15, 0.2) is 0 Å². The third-order valence-electron chi connectivity index (χ3n) is 2.98. The summed E-state index contributed by atoms with van der Waals surface area (Å²) in [6, 6.07) is 0.156. The lowest BCUT2D eigenvalue weighted by atomic mass is 10.2. The van der Waals surface area contributed by atoms with E-state index in [1.54, 1.807) is 0 Å². The first-order valence-electron chi connectivity index (χ1n) is 6.02. The highest BCUT2D eigenvalue weighted by atomic mass is 32.2. The fraction of sp³-hybridized carbons (Fsp3) is 1.00. The van der Waals surface area contributed by atoms with Crippen molar-refractivity contribution in [2.75, 3.05) is 25.5 Å². The molecule has 0 saturated carbocycles. The molecule has 4 atom stereocenters. The van der Waals surface area contributed by atoms with Crippen LogP contribution in [0, 0.1) is 0 Å². The smallest absolute Gasteiger partial charge is 0.0691 e.